The van der Waals surface area contributed by atoms with Gasteiger partial charge in [-0.3, -0.25) is 4.79 Å². The Morgan fingerprint density at radius 1 is 1.36 bits per heavy atom. The van der Waals surface area contributed by atoms with Gasteiger partial charge in [0.25, 0.3) is 0 Å². The summed E-state index contributed by atoms with van der Waals surface area (Å²) < 4.78 is 0. The summed E-state index contributed by atoms with van der Waals surface area (Å²) in [6, 6.07) is 0. The van der Waals surface area contributed by atoms with Gasteiger partial charge in [-0.25, -0.2) is 0 Å². The number of hydrogen-bond acceptors (Lipinski definition) is 2. The topological polar surface area (TPSA) is 37.3 Å². The number of ketones is 1. The first-order chi connectivity index (χ1) is 6.74. The minimum absolute atomic E-state index is 0.287. The third-order valence-corrected chi connectivity index (χ3v) is 3.86. The molecular formula is C12H18O2. The largest absolute Gasteiger partial charge is 0.396 e. The van der Waals surface area contributed by atoms with Crippen molar-refractivity contribution < 1.29 is 9.90 Å². The maximum atomic E-state index is 11.4. The first-order valence-electron chi connectivity index (χ1n) is 5.57. The molecule has 0 unspecified atom stereocenters. The van der Waals surface area contributed by atoms with Gasteiger partial charge in [0, 0.05) is 13.0 Å². The van der Waals surface area contributed by atoms with Crippen molar-refractivity contribution in [3.8, 4) is 0 Å². The van der Waals surface area contributed by atoms with Crippen LogP contribution in [0.15, 0.2) is 11.1 Å². The molecule has 0 bridgehead atoms. The summed E-state index contributed by atoms with van der Waals surface area (Å²) in [5.74, 6) is 1.25. The molecule has 2 heteroatoms. The Morgan fingerprint density at radius 3 is 2.71 bits per heavy atom. The fourth-order valence-corrected chi connectivity index (χ4v) is 2.98. The van der Waals surface area contributed by atoms with E-state index >= 15 is 0 Å². The van der Waals surface area contributed by atoms with Crippen molar-refractivity contribution in [2.24, 2.45) is 11.8 Å². The fourth-order valence-electron chi connectivity index (χ4n) is 2.98. The number of rotatable bonds is 2. The number of carbonyl (C=O) groups is 1. The second-order valence-electron chi connectivity index (χ2n) is 4.55. The highest BCUT2D eigenvalue weighted by Gasteiger charge is 2.33. The van der Waals surface area contributed by atoms with Crippen molar-refractivity contribution >= 4 is 5.78 Å². The van der Waals surface area contributed by atoms with Gasteiger partial charge < -0.3 is 5.11 Å². The summed E-state index contributed by atoms with van der Waals surface area (Å²) in [6.07, 6.45) is 5.17. The van der Waals surface area contributed by atoms with Gasteiger partial charge in [0.05, 0.1) is 0 Å². The zero-order valence-corrected chi connectivity index (χ0v) is 8.75. The molecule has 1 fully saturated rings. The van der Waals surface area contributed by atoms with Crippen molar-refractivity contribution in [2.45, 2.75) is 39.0 Å². The van der Waals surface area contributed by atoms with Crippen molar-refractivity contribution in [3.05, 3.63) is 11.1 Å². The lowest BCUT2D eigenvalue weighted by molar-refractivity contribution is -0.114. The Labute approximate surface area is 85.0 Å². The van der Waals surface area contributed by atoms with E-state index in [-0.39, 0.29) is 6.61 Å². The van der Waals surface area contributed by atoms with E-state index in [2.05, 4.69) is 0 Å². The minimum Gasteiger partial charge on any atom is -0.396 e. The fraction of sp³-hybridized carbons (Fsp3) is 0.750. The van der Waals surface area contributed by atoms with Gasteiger partial charge in [-0.15, -0.1) is 0 Å². The molecule has 0 spiro atoms. The smallest absolute Gasteiger partial charge is 0.158 e. The molecule has 2 nitrogen and oxygen atoms in total. The Hall–Kier alpha value is -0.630. The number of hydrogen-bond donors (Lipinski definition) is 1. The highest BCUT2D eigenvalue weighted by molar-refractivity contribution is 5.98. The van der Waals surface area contributed by atoms with Crippen LogP contribution in [0.25, 0.3) is 0 Å². The summed E-state index contributed by atoms with van der Waals surface area (Å²) in [5.41, 5.74) is 2.35. The Kier molecular flexibility index (Phi) is 2.73. The van der Waals surface area contributed by atoms with Gasteiger partial charge in [0.15, 0.2) is 5.78 Å². The second kappa shape index (κ2) is 3.85. The van der Waals surface area contributed by atoms with E-state index < -0.39 is 0 Å². The maximum absolute atomic E-state index is 11.4. The van der Waals surface area contributed by atoms with Gasteiger partial charge in [-0.2, -0.15) is 0 Å². The lowest BCUT2D eigenvalue weighted by Gasteiger charge is -2.19. The van der Waals surface area contributed by atoms with Gasteiger partial charge in [-0.1, -0.05) is 12.0 Å². The van der Waals surface area contributed by atoms with Crippen LogP contribution in [0.5, 0.6) is 0 Å². The molecule has 0 radical (unpaired) electrons. The molecule has 2 atom stereocenters. The molecule has 0 aliphatic heterocycles. The van der Waals surface area contributed by atoms with Crippen molar-refractivity contribution in [2.75, 3.05) is 6.61 Å². The van der Waals surface area contributed by atoms with Crippen molar-refractivity contribution in [1.29, 1.82) is 0 Å². The molecule has 0 saturated heterocycles. The zero-order valence-electron chi connectivity index (χ0n) is 8.75. The van der Waals surface area contributed by atoms with E-state index in [1.165, 1.54) is 18.4 Å². The first-order valence-corrected chi connectivity index (χ1v) is 5.57. The Morgan fingerprint density at radius 2 is 2.14 bits per heavy atom. The van der Waals surface area contributed by atoms with Crippen LogP contribution >= 0.6 is 0 Å². The van der Waals surface area contributed by atoms with E-state index in [9.17, 15) is 9.90 Å². The summed E-state index contributed by atoms with van der Waals surface area (Å²) in [6.45, 7) is 2.24. The highest BCUT2D eigenvalue weighted by Crippen LogP contribution is 2.42. The summed E-state index contributed by atoms with van der Waals surface area (Å²) in [4.78, 5) is 11.4. The Balaban J connectivity index is 2.18. The highest BCUT2D eigenvalue weighted by atomic mass is 16.3. The van der Waals surface area contributed by atoms with Crippen molar-refractivity contribution in [3.63, 3.8) is 0 Å². The number of aliphatic hydroxyl groups is 1. The van der Waals surface area contributed by atoms with Crippen LogP contribution in [0.3, 0.4) is 0 Å². The van der Waals surface area contributed by atoms with Crippen LogP contribution in [0.4, 0.5) is 0 Å². The molecular weight excluding hydrogens is 176 g/mol. The molecule has 78 valence electrons. The molecule has 14 heavy (non-hydrogen) atoms. The molecule has 0 amide bonds. The standard InChI is InChI=1S/C12H18O2/c1-8-10(5-6-12(8)14)11-4-2-3-9(11)7-13/h9,11,13H,2-7H2,1H3/t9-,11-/m1/s1. The number of aliphatic hydroxyl groups excluding tert-OH is 1. The van der Waals surface area contributed by atoms with Crippen LogP contribution in [0.2, 0.25) is 0 Å². The maximum Gasteiger partial charge on any atom is 0.158 e. The summed E-state index contributed by atoms with van der Waals surface area (Å²) >= 11 is 0. The van der Waals surface area contributed by atoms with Crippen LogP contribution in [-0.4, -0.2) is 17.5 Å². The van der Waals surface area contributed by atoms with Gasteiger partial charge in [0.1, 0.15) is 0 Å². The molecule has 2 aliphatic rings. The SMILES string of the molecule is CC1=C([C@@H]2CCC[C@@H]2CO)CCC1=O. The third-order valence-electron chi connectivity index (χ3n) is 3.86. The molecule has 0 aromatic carbocycles. The van der Waals surface area contributed by atoms with E-state index in [0.29, 0.717) is 24.0 Å². The monoisotopic (exact) mass is 194 g/mol. The number of allylic oxidation sites excluding steroid dienone is 2. The van der Waals surface area contributed by atoms with Gasteiger partial charge in [0.2, 0.25) is 0 Å². The Bertz CT molecular complexity index is 278. The molecule has 2 rings (SSSR count). The molecule has 0 heterocycles. The molecule has 1 saturated carbocycles. The van der Waals surface area contributed by atoms with E-state index in [0.717, 1.165) is 18.4 Å². The summed E-state index contributed by atoms with van der Waals surface area (Å²) in [5, 5.41) is 9.24. The predicted octanol–water partition coefficient (Wildman–Crippen LogP) is 2.07. The second-order valence-corrected chi connectivity index (χ2v) is 4.55. The lowest BCUT2D eigenvalue weighted by atomic mass is 9.87. The zero-order chi connectivity index (χ0) is 10.1. The first kappa shape index (κ1) is 9.91. The molecule has 1 N–H and O–H groups in total. The van der Waals surface area contributed by atoms with E-state index in [1.807, 2.05) is 6.92 Å². The van der Waals surface area contributed by atoms with Gasteiger partial charge >= 0.3 is 0 Å². The van der Waals surface area contributed by atoms with Crippen LogP contribution < -0.4 is 0 Å². The van der Waals surface area contributed by atoms with E-state index in [1.54, 1.807) is 0 Å². The quantitative estimate of drug-likeness (QED) is 0.730. The average molecular weight is 194 g/mol. The minimum atomic E-state index is 0.287. The van der Waals surface area contributed by atoms with Crippen LogP contribution in [0, 0.1) is 11.8 Å². The molecule has 0 aromatic heterocycles. The lowest BCUT2D eigenvalue weighted by Crippen LogP contribution is -2.14. The van der Waals surface area contributed by atoms with Crippen LogP contribution in [0.1, 0.15) is 39.0 Å². The molecule has 0 aromatic rings. The number of Topliss-reactive ketones (excluding diaryl/α,β-unsaturated/α-hetero) is 1. The van der Waals surface area contributed by atoms with Crippen LogP contribution in [-0.2, 0) is 4.79 Å². The number of carbonyl (C=O) groups excluding carboxylic acids is 1. The molecule has 2 aliphatic carbocycles. The van der Waals surface area contributed by atoms with Crippen molar-refractivity contribution in [1.82, 2.24) is 0 Å². The van der Waals surface area contributed by atoms with E-state index in [4.69, 9.17) is 0 Å². The normalized spacial score (nSPS) is 33.1. The average Bonchev–Trinajstić information content (AvgIpc) is 2.75. The predicted molar refractivity (Wildman–Crippen MR) is 54.9 cm³/mol. The van der Waals surface area contributed by atoms with Gasteiger partial charge in [-0.05, 0) is 43.6 Å². The summed E-state index contributed by atoms with van der Waals surface area (Å²) in [7, 11) is 0. The third kappa shape index (κ3) is 1.52.